The number of hydrogen-bond donors (Lipinski definition) is 2. The van der Waals surface area contributed by atoms with Crippen LogP contribution in [0.1, 0.15) is 0 Å². The molecule has 0 amide bonds. The number of hydrogen-bond acceptors (Lipinski definition) is 4. The number of imidazole rings is 1. The first-order chi connectivity index (χ1) is 5.18. The van der Waals surface area contributed by atoms with Gasteiger partial charge in [-0.3, -0.25) is 0 Å². The summed E-state index contributed by atoms with van der Waals surface area (Å²) in [5, 5.41) is 9.36. The van der Waals surface area contributed by atoms with Gasteiger partial charge in [0.05, 0.1) is 5.52 Å². The maximum Gasteiger partial charge on any atom is 0.201 e. The van der Waals surface area contributed by atoms with Crippen LogP contribution in [0.15, 0.2) is 6.07 Å². The van der Waals surface area contributed by atoms with E-state index in [1.54, 1.807) is 10.6 Å². The fraction of sp³-hybridized carbons (Fsp3) is 0.167. The third kappa shape index (κ3) is 0.775. The standard InChI is InChI=1S/C6H7N3OS/c1-9-3-2-4(10)11-5(3)8-6(9)7/h2,10H,1H3,(H2,7,8). The highest BCUT2D eigenvalue weighted by Crippen LogP contribution is 2.30. The van der Waals surface area contributed by atoms with E-state index in [0.717, 1.165) is 10.3 Å². The van der Waals surface area contributed by atoms with Crippen molar-refractivity contribution in [3.63, 3.8) is 0 Å². The quantitative estimate of drug-likeness (QED) is 0.616. The zero-order valence-electron chi connectivity index (χ0n) is 5.90. The van der Waals surface area contributed by atoms with Gasteiger partial charge in [0.2, 0.25) is 5.95 Å². The molecule has 0 bridgehead atoms. The van der Waals surface area contributed by atoms with Crippen molar-refractivity contribution in [1.82, 2.24) is 9.55 Å². The molecule has 2 heterocycles. The smallest absolute Gasteiger partial charge is 0.201 e. The summed E-state index contributed by atoms with van der Waals surface area (Å²) in [7, 11) is 1.82. The second kappa shape index (κ2) is 1.88. The van der Waals surface area contributed by atoms with Gasteiger partial charge < -0.3 is 15.4 Å². The molecular formula is C6H7N3OS. The fourth-order valence-corrected chi connectivity index (χ4v) is 1.79. The van der Waals surface area contributed by atoms with Crippen LogP contribution in [-0.2, 0) is 7.05 Å². The Morgan fingerprint density at radius 2 is 2.45 bits per heavy atom. The summed E-state index contributed by atoms with van der Waals surface area (Å²) in [5.41, 5.74) is 6.40. The number of nitrogen functional groups attached to an aromatic ring is 1. The first kappa shape index (κ1) is 6.48. The van der Waals surface area contributed by atoms with Crippen LogP contribution in [-0.4, -0.2) is 14.7 Å². The molecule has 2 rings (SSSR count). The number of aromatic nitrogens is 2. The van der Waals surface area contributed by atoms with Crippen LogP contribution in [0, 0.1) is 0 Å². The zero-order valence-corrected chi connectivity index (χ0v) is 6.72. The van der Waals surface area contributed by atoms with Crippen LogP contribution < -0.4 is 5.73 Å². The van der Waals surface area contributed by atoms with Gasteiger partial charge in [-0.2, -0.15) is 0 Å². The molecule has 11 heavy (non-hydrogen) atoms. The number of fused-ring (bicyclic) bond motifs is 1. The number of thiophene rings is 1. The third-order valence-electron chi connectivity index (χ3n) is 1.60. The van der Waals surface area contributed by atoms with Crippen LogP contribution in [0.25, 0.3) is 10.3 Å². The second-order valence-corrected chi connectivity index (χ2v) is 3.31. The first-order valence-electron chi connectivity index (χ1n) is 3.09. The minimum absolute atomic E-state index is 0.276. The van der Waals surface area contributed by atoms with Gasteiger partial charge in [0, 0.05) is 13.1 Å². The molecule has 5 heteroatoms. The summed E-state index contributed by atoms with van der Waals surface area (Å²) in [6.07, 6.45) is 0. The van der Waals surface area contributed by atoms with Gasteiger partial charge in [-0.1, -0.05) is 11.3 Å². The molecule has 3 N–H and O–H groups in total. The number of aryl methyl sites for hydroxylation is 1. The highest BCUT2D eigenvalue weighted by molar-refractivity contribution is 7.20. The Labute approximate surface area is 66.9 Å². The Bertz CT molecular complexity index is 403. The minimum atomic E-state index is 0.276. The van der Waals surface area contributed by atoms with Crippen LogP contribution in [0.4, 0.5) is 5.95 Å². The van der Waals surface area contributed by atoms with E-state index in [1.807, 2.05) is 7.05 Å². The third-order valence-corrected chi connectivity index (χ3v) is 2.42. The Hall–Kier alpha value is -1.23. The van der Waals surface area contributed by atoms with E-state index in [2.05, 4.69) is 4.98 Å². The predicted molar refractivity (Wildman–Crippen MR) is 44.7 cm³/mol. The van der Waals surface area contributed by atoms with Gasteiger partial charge in [0.15, 0.2) is 5.06 Å². The normalized spacial score (nSPS) is 11.0. The number of anilines is 1. The van der Waals surface area contributed by atoms with Crippen molar-refractivity contribution in [3.8, 4) is 5.06 Å². The Kier molecular flexibility index (Phi) is 1.11. The summed E-state index contributed by atoms with van der Waals surface area (Å²) >= 11 is 1.23. The van der Waals surface area contributed by atoms with Crippen LogP contribution >= 0.6 is 11.3 Å². The topological polar surface area (TPSA) is 64.1 Å². The van der Waals surface area contributed by atoms with E-state index < -0.39 is 0 Å². The summed E-state index contributed by atoms with van der Waals surface area (Å²) in [6, 6.07) is 1.66. The van der Waals surface area contributed by atoms with Crippen molar-refractivity contribution in [2.24, 2.45) is 7.05 Å². The Balaban J connectivity index is 2.88. The molecule has 0 aliphatic rings. The molecule has 4 nitrogen and oxygen atoms in total. The highest BCUT2D eigenvalue weighted by atomic mass is 32.1. The summed E-state index contributed by atoms with van der Waals surface area (Å²) in [5.74, 6) is 0.478. The molecule has 2 aromatic heterocycles. The van der Waals surface area contributed by atoms with Gasteiger partial charge in [-0.15, -0.1) is 0 Å². The van der Waals surface area contributed by atoms with E-state index >= 15 is 0 Å². The van der Waals surface area contributed by atoms with Crippen molar-refractivity contribution in [2.45, 2.75) is 0 Å². The summed E-state index contributed by atoms with van der Waals surface area (Å²) in [4.78, 5) is 4.81. The lowest BCUT2D eigenvalue weighted by molar-refractivity contribution is 0.491. The van der Waals surface area contributed by atoms with Crippen molar-refractivity contribution in [1.29, 1.82) is 0 Å². The van der Waals surface area contributed by atoms with E-state index in [4.69, 9.17) is 10.8 Å². The first-order valence-corrected chi connectivity index (χ1v) is 3.91. The molecule has 0 atom stereocenters. The molecule has 0 aromatic carbocycles. The maximum atomic E-state index is 9.08. The largest absolute Gasteiger partial charge is 0.499 e. The molecule has 0 saturated heterocycles. The summed E-state index contributed by atoms with van der Waals surface area (Å²) in [6.45, 7) is 0. The Morgan fingerprint density at radius 3 is 3.09 bits per heavy atom. The van der Waals surface area contributed by atoms with Crippen molar-refractivity contribution in [2.75, 3.05) is 5.73 Å². The van der Waals surface area contributed by atoms with E-state index in [-0.39, 0.29) is 5.06 Å². The van der Waals surface area contributed by atoms with Gasteiger partial charge >= 0.3 is 0 Å². The molecular weight excluding hydrogens is 162 g/mol. The molecule has 0 fully saturated rings. The van der Waals surface area contributed by atoms with Crippen LogP contribution in [0.3, 0.4) is 0 Å². The maximum absolute atomic E-state index is 9.08. The van der Waals surface area contributed by atoms with Crippen LogP contribution in [0.2, 0.25) is 0 Å². The molecule has 58 valence electrons. The van der Waals surface area contributed by atoms with E-state index in [9.17, 15) is 0 Å². The van der Waals surface area contributed by atoms with Gasteiger partial charge in [-0.25, -0.2) is 4.98 Å². The monoisotopic (exact) mass is 169 g/mol. The molecule has 0 spiro atoms. The highest BCUT2D eigenvalue weighted by Gasteiger charge is 2.07. The molecule has 0 aliphatic carbocycles. The van der Waals surface area contributed by atoms with Gasteiger partial charge in [-0.05, 0) is 0 Å². The van der Waals surface area contributed by atoms with Crippen LogP contribution in [0.5, 0.6) is 5.06 Å². The molecule has 2 aromatic rings. The second-order valence-electron chi connectivity index (χ2n) is 2.30. The van der Waals surface area contributed by atoms with E-state index in [0.29, 0.717) is 5.95 Å². The predicted octanol–water partition coefficient (Wildman–Crippen LogP) is 0.923. The zero-order chi connectivity index (χ0) is 8.01. The molecule has 0 aliphatic heterocycles. The van der Waals surface area contributed by atoms with Crippen molar-refractivity contribution < 1.29 is 5.11 Å². The lowest BCUT2D eigenvalue weighted by Gasteiger charge is -1.91. The number of nitrogens with two attached hydrogens (primary N) is 1. The number of aromatic hydroxyl groups is 1. The fourth-order valence-electron chi connectivity index (χ4n) is 0.982. The molecule has 0 saturated carbocycles. The summed E-state index contributed by atoms with van der Waals surface area (Å²) < 4.78 is 1.74. The lowest BCUT2D eigenvalue weighted by atomic mass is 10.5. The van der Waals surface area contributed by atoms with Crippen molar-refractivity contribution >= 4 is 27.6 Å². The molecule has 0 radical (unpaired) electrons. The average molecular weight is 169 g/mol. The SMILES string of the molecule is Cn1c(N)nc2sc(O)cc21. The minimum Gasteiger partial charge on any atom is -0.499 e. The molecule has 0 unspecified atom stereocenters. The number of nitrogens with zero attached hydrogens (tertiary/aromatic N) is 2. The Morgan fingerprint density at radius 1 is 1.73 bits per heavy atom. The lowest BCUT2D eigenvalue weighted by Crippen LogP contribution is -1.95. The van der Waals surface area contributed by atoms with E-state index in [1.165, 1.54) is 11.3 Å². The van der Waals surface area contributed by atoms with Gasteiger partial charge in [0.25, 0.3) is 0 Å². The van der Waals surface area contributed by atoms with Crippen molar-refractivity contribution in [3.05, 3.63) is 6.07 Å². The number of rotatable bonds is 0. The average Bonchev–Trinajstić information content (AvgIpc) is 2.37. The van der Waals surface area contributed by atoms with Gasteiger partial charge in [0.1, 0.15) is 4.83 Å².